The van der Waals surface area contributed by atoms with E-state index in [0.717, 1.165) is 19.5 Å². The molecule has 60 valence electrons. The fourth-order valence-electron chi connectivity index (χ4n) is 1.07. The predicted octanol–water partition coefficient (Wildman–Crippen LogP) is 0.757. The van der Waals surface area contributed by atoms with Crippen LogP contribution in [-0.2, 0) is 0 Å². The Bertz CT molecular complexity index is 91.3. The normalized spacial score (nSPS) is 21.0. The van der Waals surface area contributed by atoms with Crippen LogP contribution in [0.1, 0.15) is 26.2 Å². The molecule has 2 nitrogen and oxygen atoms in total. The number of rotatable bonds is 5. The molecule has 0 amide bonds. The van der Waals surface area contributed by atoms with Gasteiger partial charge in [-0.1, -0.05) is 6.92 Å². The van der Waals surface area contributed by atoms with Gasteiger partial charge in [-0.3, -0.25) is 0 Å². The molecule has 0 aromatic carbocycles. The molecule has 0 bridgehead atoms. The summed E-state index contributed by atoms with van der Waals surface area (Å²) in [6.45, 7) is 3.96. The fourth-order valence-corrected chi connectivity index (χ4v) is 1.07. The highest BCUT2D eigenvalue weighted by atomic mass is 16.3. The van der Waals surface area contributed by atoms with Gasteiger partial charge in [-0.05, 0) is 31.7 Å². The Morgan fingerprint density at radius 3 is 2.80 bits per heavy atom. The maximum absolute atomic E-state index is 9.35. The molecule has 1 aliphatic carbocycles. The topological polar surface area (TPSA) is 32.3 Å². The van der Waals surface area contributed by atoms with Crippen LogP contribution in [0.25, 0.3) is 0 Å². The molecule has 0 aliphatic heterocycles. The summed E-state index contributed by atoms with van der Waals surface area (Å²) >= 11 is 0. The summed E-state index contributed by atoms with van der Waals surface area (Å²) in [6.07, 6.45) is 3.54. The van der Waals surface area contributed by atoms with E-state index in [0.29, 0.717) is 5.92 Å². The van der Waals surface area contributed by atoms with Crippen LogP contribution in [0.15, 0.2) is 0 Å². The van der Waals surface area contributed by atoms with Gasteiger partial charge in [0.15, 0.2) is 0 Å². The first-order valence-corrected chi connectivity index (χ1v) is 4.23. The zero-order chi connectivity index (χ0) is 7.40. The summed E-state index contributed by atoms with van der Waals surface area (Å²) in [5.74, 6) is 0.615. The van der Waals surface area contributed by atoms with Gasteiger partial charge in [-0.2, -0.15) is 0 Å². The highest BCUT2D eigenvalue weighted by molar-refractivity contribution is 4.81. The van der Waals surface area contributed by atoms with E-state index in [1.165, 1.54) is 12.8 Å². The summed E-state index contributed by atoms with van der Waals surface area (Å²) in [6, 6.07) is 0. The molecule has 2 N–H and O–H groups in total. The van der Waals surface area contributed by atoms with Gasteiger partial charge in [0, 0.05) is 6.54 Å². The second-order valence-corrected chi connectivity index (χ2v) is 3.11. The van der Waals surface area contributed by atoms with Crippen molar-refractivity contribution in [1.29, 1.82) is 0 Å². The first-order valence-electron chi connectivity index (χ1n) is 4.23. The van der Waals surface area contributed by atoms with E-state index in [2.05, 4.69) is 12.2 Å². The SMILES string of the molecule is CCCNCC(O)C1CC1. The molecular weight excluding hydrogens is 126 g/mol. The Kier molecular flexibility index (Phi) is 3.16. The van der Waals surface area contributed by atoms with E-state index >= 15 is 0 Å². The number of nitrogens with one attached hydrogen (secondary N) is 1. The van der Waals surface area contributed by atoms with Crippen molar-refractivity contribution in [3.8, 4) is 0 Å². The number of aliphatic hydroxyl groups excluding tert-OH is 1. The minimum Gasteiger partial charge on any atom is -0.392 e. The molecule has 0 aromatic rings. The van der Waals surface area contributed by atoms with Crippen LogP contribution in [0.5, 0.6) is 0 Å². The van der Waals surface area contributed by atoms with Crippen LogP contribution < -0.4 is 5.32 Å². The number of aliphatic hydroxyl groups is 1. The highest BCUT2D eigenvalue weighted by Crippen LogP contribution is 2.32. The van der Waals surface area contributed by atoms with Crippen LogP contribution in [-0.4, -0.2) is 24.3 Å². The Hall–Kier alpha value is -0.0800. The molecule has 1 saturated carbocycles. The molecular formula is C8H17NO. The molecule has 1 atom stereocenters. The van der Waals surface area contributed by atoms with E-state index in [1.807, 2.05) is 0 Å². The number of hydrogen-bond acceptors (Lipinski definition) is 2. The zero-order valence-electron chi connectivity index (χ0n) is 6.64. The van der Waals surface area contributed by atoms with Gasteiger partial charge in [0.1, 0.15) is 0 Å². The first kappa shape index (κ1) is 8.02. The lowest BCUT2D eigenvalue weighted by Gasteiger charge is -2.08. The third-order valence-corrected chi connectivity index (χ3v) is 1.95. The van der Waals surface area contributed by atoms with E-state index in [9.17, 15) is 5.11 Å². The third kappa shape index (κ3) is 2.67. The molecule has 2 heteroatoms. The summed E-state index contributed by atoms with van der Waals surface area (Å²) in [5.41, 5.74) is 0. The van der Waals surface area contributed by atoms with Crippen molar-refractivity contribution in [3.05, 3.63) is 0 Å². The van der Waals surface area contributed by atoms with E-state index in [4.69, 9.17) is 0 Å². The van der Waals surface area contributed by atoms with Crippen molar-refractivity contribution in [2.75, 3.05) is 13.1 Å². The minimum atomic E-state index is -0.0773. The minimum absolute atomic E-state index is 0.0773. The monoisotopic (exact) mass is 143 g/mol. The fraction of sp³-hybridized carbons (Fsp3) is 1.00. The second-order valence-electron chi connectivity index (χ2n) is 3.11. The maximum Gasteiger partial charge on any atom is 0.0692 e. The van der Waals surface area contributed by atoms with Crippen LogP contribution in [0.2, 0.25) is 0 Å². The lowest BCUT2D eigenvalue weighted by atomic mass is 10.2. The van der Waals surface area contributed by atoms with Gasteiger partial charge in [-0.15, -0.1) is 0 Å². The van der Waals surface area contributed by atoms with Crippen LogP contribution >= 0.6 is 0 Å². The molecule has 10 heavy (non-hydrogen) atoms. The quantitative estimate of drug-likeness (QED) is 0.557. The van der Waals surface area contributed by atoms with Crippen molar-refractivity contribution in [2.45, 2.75) is 32.3 Å². The molecule has 1 fully saturated rings. The van der Waals surface area contributed by atoms with Gasteiger partial charge < -0.3 is 10.4 Å². The van der Waals surface area contributed by atoms with Crippen molar-refractivity contribution in [2.24, 2.45) is 5.92 Å². The van der Waals surface area contributed by atoms with Crippen LogP contribution in [0.4, 0.5) is 0 Å². The van der Waals surface area contributed by atoms with Crippen molar-refractivity contribution in [1.82, 2.24) is 5.32 Å². The van der Waals surface area contributed by atoms with Gasteiger partial charge in [-0.25, -0.2) is 0 Å². The van der Waals surface area contributed by atoms with Gasteiger partial charge in [0.05, 0.1) is 6.10 Å². The molecule has 0 spiro atoms. The standard InChI is InChI=1S/C8H17NO/c1-2-5-9-6-8(10)7-3-4-7/h7-10H,2-6H2,1H3. The molecule has 0 heterocycles. The average Bonchev–Trinajstić information content (AvgIpc) is 2.69. The maximum atomic E-state index is 9.35. The molecule has 1 unspecified atom stereocenters. The van der Waals surface area contributed by atoms with Crippen LogP contribution in [0.3, 0.4) is 0 Å². The largest absolute Gasteiger partial charge is 0.392 e. The van der Waals surface area contributed by atoms with Crippen molar-refractivity contribution in [3.63, 3.8) is 0 Å². The van der Waals surface area contributed by atoms with Crippen LogP contribution in [0, 0.1) is 5.92 Å². The van der Waals surface area contributed by atoms with E-state index in [-0.39, 0.29) is 6.10 Å². The summed E-state index contributed by atoms with van der Waals surface area (Å²) in [7, 11) is 0. The molecule has 1 aliphatic rings. The smallest absolute Gasteiger partial charge is 0.0692 e. The highest BCUT2D eigenvalue weighted by Gasteiger charge is 2.28. The zero-order valence-corrected chi connectivity index (χ0v) is 6.64. The molecule has 0 radical (unpaired) electrons. The lowest BCUT2D eigenvalue weighted by molar-refractivity contribution is 0.149. The van der Waals surface area contributed by atoms with Crippen molar-refractivity contribution < 1.29 is 5.11 Å². The van der Waals surface area contributed by atoms with Crippen molar-refractivity contribution >= 4 is 0 Å². The Morgan fingerprint density at radius 2 is 2.30 bits per heavy atom. The third-order valence-electron chi connectivity index (χ3n) is 1.95. The van der Waals surface area contributed by atoms with Gasteiger partial charge in [0.25, 0.3) is 0 Å². The second kappa shape index (κ2) is 3.94. The summed E-state index contributed by atoms with van der Waals surface area (Å²) in [5, 5.41) is 12.6. The Morgan fingerprint density at radius 1 is 1.60 bits per heavy atom. The lowest BCUT2D eigenvalue weighted by Crippen LogP contribution is -2.28. The predicted molar refractivity (Wildman–Crippen MR) is 41.9 cm³/mol. The average molecular weight is 143 g/mol. The van der Waals surface area contributed by atoms with E-state index < -0.39 is 0 Å². The Balaban J connectivity index is 1.90. The van der Waals surface area contributed by atoms with Gasteiger partial charge in [0.2, 0.25) is 0 Å². The summed E-state index contributed by atoms with van der Waals surface area (Å²) < 4.78 is 0. The van der Waals surface area contributed by atoms with Gasteiger partial charge >= 0.3 is 0 Å². The first-order chi connectivity index (χ1) is 4.84. The number of hydrogen-bond donors (Lipinski definition) is 2. The Labute approximate surface area is 62.6 Å². The molecule has 0 saturated heterocycles. The molecule has 1 rings (SSSR count). The molecule has 0 aromatic heterocycles. The van der Waals surface area contributed by atoms with E-state index in [1.54, 1.807) is 0 Å². The summed E-state index contributed by atoms with van der Waals surface area (Å²) in [4.78, 5) is 0.